The van der Waals surface area contributed by atoms with E-state index in [0.717, 1.165) is 5.56 Å². The number of hydrogen-bond acceptors (Lipinski definition) is 6. The first-order chi connectivity index (χ1) is 15.1. The Morgan fingerprint density at radius 2 is 1.84 bits per heavy atom. The van der Waals surface area contributed by atoms with E-state index >= 15 is 0 Å². The molecule has 0 aliphatic heterocycles. The van der Waals surface area contributed by atoms with Crippen LogP contribution in [0.5, 0.6) is 0 Å². The lowest BCUT2D eigenvalue weighted by Gasteiger charge is -2.20. The number of nitrogens with zero attached hydrogens (tertiary/aromatic N) is 3. The number of alkyl halides is 1. The summed E-state index contributed by atoms with van der Waals surface area (Å²) >= 11 is 12.1. The van der Waals surface area contributed by atoms with Gasteiger partial charge in [-0.1, -0.05) is 56.6 Å². The summed E-state index contributed by atoms with van der Waals surface area (Å²) in [5.41, 5.74) is 3.91. The second-order valence-electron chi connectivity index (χ2n) is 8.02. The quantitative estimate of drug-likeness (QED) is 0.161. The number of carbonyl (C=O) groups is 1. The molecule has 1 aromatic heterocycles. The summed E-state index contributed by atoms with van der Waals surface area (Å²) in [7, 11) is 3.42. The van der Waals surface area contributed by atoms with Crippen LogP contribution in [0.15, 0.2) is 29.3 Å². The molecule has 0 spiro atoms. The molecule has 7 nitrogen and oxygen atoms in total. The number of allylic oxidation sites excluding steroid dienone is 1. The van der Waals surface area contributed by atoms with E-state index in [1.165, 1.54) is 5.56 Å². The van der Waals surface area contributed by atoms with Crippen molar-refractivity contribution in [1.29, 1.82) is 0 Å². The number of rotatable bonds is 8. The third kappa shape index (κ3) is 6.50. The molecule has 0 saturated carbocycles. The molecule has 1 heterocycles. The van der Waals surface area contributed by atoms with Gasteiger partial charge in [-0.05, 0) is 23.5 Å². The van der Waals surface area contributed by atoms with Crippen LogP contribution in [0.3, 0.4) is 0 Å². The topological polar surface area (TPSA) is 74.9 Å². The van der Waals surface area contributed by atoms with Crippen LogP contribution in [0.1, 0.15) is 43.3 Å². The summed E-state index contributed by atoms with van der Waals surface area (Å²) in [6.45, 7) is 7.91. The number of benzene rings is 1. The summed E-state index contributed by atoms with van der Waals surface area (Å²) in [4.78, 5) is 15.9. The highest BCUT2D eigenvalue weighted by Gasteiger charge is 2.22. The molecule has 1 aromatic carbocycles. The fourth-order valence-corrected chi connectivity index (χ4v) is 3.32. The average Bonchev–Trinajstić information content (AvgIpc) is 2.99. The van der Waals surface area contributed by atoms with E-state index in [0.29, 0.717) is 27.7 Å². The van der Waals surface area contributed by atoms with Crippen molar-refractivity contribution in [2.75, 3.05) is 26.3 Å². The van der Waals surface area contributed by atoms with Crippen LogP contribution in [-0.2, 0) is 26.7 Å². The molecule has 174 valence electrons. The molecule has 0 saturated heterocycles. The lowest BCUT2D eigenvalue weighted by molar-refractivity contribution is -0.00339. The van der Waals surface area contributed by atoms with Crippen LogP contribution in [-0.4, -0.2) is 48.5 Å². The molecule has 0 radical (unpaired) electrons. The number of ether oxygens (including phenoxy) is 3. The van der Waals surface area contributed by atoms with Gasteiger partial charge >= 0.3 is 6.16 Å². The standard InChI is InChI=1S/C23H29Cl2N3O4/c1-15-19(25)20(28(6)27-15)21(31-14-32-22(29)30-12-11-24)18(13-26-5)16-7-9-17(10-8-16)23(2,3)4/h7-10,13H,11-12,14H2,1-6H3/b21-18-,26-13?. The first-order valence-electron chi connectivity index (χ1n) is 10.0. The minimum Gasteiger partial charge on any atom is -0.454 e. The Bertz CT molecular complexity index is 990. The lowest BCUT2D eigenvalue weighted by atomic mass is 9.86. The van der Waals surface area contributed by atoms with Gasteiger partial charge in [-0.15, -0.1) is 11.6 Å². The Labute approximate surface area is 199 Å². The van der Waals surface area contributed by atoms with Gasteiger partial charge in [0.1, 0.15) is 12.3 Å². The second-order valence-corrected chi connectivity index (χ2v) is 8.78. The predicted octanol–water partition coefficient (Wildman–Crippen LogP) is 5.61. The molecule has 0 unspecified atom stereocenters. The van der Waals surface area contributed by atoms with E-state index in [2.05, 4.69) is 43.0 Å². The molecule has 32 heavy (non-hydrogen) atoms. The maximum Gasteiger partial charge on any atom is 0.511 e. The molecular weight excluding hydrogens is 453 g/mol. The van der Waals surface area contributed by atoms with Crippen LogP contribution in [0.25, 0.3) is 11.3 Å². The average molecular weight is 482 g/mol. The SMILES string of the molecule is CN=C/C(=C(/OCOC(=O)OCCCl)c1c(Cl)c(C)nn1C)c1ccc(C(C)(C)C)cc1. The van der Waals surface area contributed by atoms with Crippen molar-refractivity contribution >= 4 is 46.9 Å². The highest BCUT2D eigenvalue weighted by Crippen LogP contribution is 2.33. The van der Waals surface area contributed by atoms with Crippen molar-refractivity contribution in [3.05, 3.63) is 51.8 Å². The van der Waals surface area contributed by atoms with Gasteiger partial charge in [-0.2, -0.15) is 5.10 Å². The fourth-order valence-electron chi connectivity index (χ4n) is 3.00. The molecule has 2 aromatic rings. The Morgan fingerprint density at radius 3 is 2.34 bits per heavy atom. The van der Waals surface area contributed by atoms with E-state index in [-0.39, 0.29) is 17.9 Å². The van der Waals surface area contributed by atoms with Crippen LogP contribution in [0, 0.1) is 6.92 Å². The third-order valence-electron chi connectivity index (χ3n) is 4.61. The largest absolute Gasteiger partial charge is 0.511 e. The molecule has 0 atom stereocenters. The van der Waals surface area contributed by atoms with Gasteiger partial charge in [0.05, 0.1) is 16.6 Å². The van der Waals surface area contributed by atoms with Gasteiger partial charge in [-0.3, -0.25) is 9.67 Å². The van der Waals surface area contributed by atoms with Crippen molar-refractivity contribution in [3.63, 3.8) is 0 Å². The summed E-state index contributed by atoms with van der Waals surface area (Å²) in [5, 5.41) is 4.81. The Hall–Kier alpha value is -2.51. The zero-order chi connectivity index (χ0) is 23.9. The molecule has 9 heteroatoms. The summed E-state index contributed by atoms with van der Waals surface area (Å²) in [6, 6.07) is 8.11. The highest BCUT2D eigenvalue weighted by atomic mass is 35.5. The summed E-state index contributed by atoms with van der Waals surface area (Å²) < 4.78 is 17.4. The van der Waals surface area contributed by atoms with Gasteiger partial charge in [0, 0.05) is 25.9 Å². The molecule has 0 aliphatic carbocycles. The Balaban J connectivity index is 2.53. The van der Waals surface area contributed by atoms with E-state index < -0.39 is 12.9 Å². The van der Waals surface area contributed by atoms with Gasteiger partial charge in [-0.25, -0.2) is 4.79 Å². The molecule has 0 fully saturated rings. The molecule has 0 aliphatic rings. The second kappa shape index (κ2) is 11.4. The van der Waals surface area contributed by atoms with E-state index in [1.807, 2.05) is 12.1 Å². The van der Waals surface area contributed by atoms with Crippen molar-refractivity contribution in [2.24, 2.45) is 12.0 Å². The Morgan fingerprint density at radius 1 is 1.19 bits per heavy atom. The number of halogens is 2. The zero-order valence-corrected chi connectivity index (χ0v) is 20.8. The maximum absolute atomic E-state index is 11.7. The molecule has 0 bridgehead atoms. The third-order valence-corrected chi connectivity index (χ3v) is 5.21. The van der Waals surface area contributed by atoms with Crippen LogP contribution in [0.4, 0.5) is 4.79 Å². The first kappa shape index (κ1) is 25.7. The molecule has 0 amide bonds. The van der Waals surface area contributed by atoms with Gasteiger partial charge in [0.2, 0.25) is 6.79 Å². The normalized spacial score (nSPS) is 12.6. The molecule has 2 rings (SSSR count). The van der Waals surface area contributed by atoms with Crippen molar-refractivity contribution in [1.82, 2.24) is 9.78 Å². The van der Waals surface area contributed by atoms with E-state index in [1.54, 1.807) is 31.9 Å². The minimum atomic E-state index is -0.877. The molecule has 0 N–H and O–H groups in total. The van der Waals surface area contributed by atoms with Gasteiger partial charge in [0.25, 0.3) is 0 Å². The van der Waals surface area contributed by atoms with E-state index in [4.69, 9.17) is 37.4 Å². The lowest BCUT2D eigenvalue weighted by Crippen LogP contribution is -2.13. The Kier molecular flexibility index (Phi) is 9.16. The predicted molar refractivity (Wildman–Crippen MR) is 128 cm³/mol. The minimum absolute atomic E-state index is 0.0142. The number of hydrogen-bond donors (Lipinski definition) is 0. The highest BCUT2D eigenvalue weighted by molar-refractivity contribution is 6.33. The van der Waals surface area contributed by atoms with Crippen LogP contribution in [0.2, 0.25) is 5.02 Å². The number of carbonyl (C=O) groups excluding carboxylic acids is 1. The van der Waals surface area contributed by atoms with Crippen molar-refractivity contribution < 1.29 is 19.0 Å². The van der Waals surface area contributed by atoms with Crippen molar-refractivity contribution in [3.8, 4) is 0 Å². The maximum atomic E-state index is 11.7. The molecular formula is C23H29Cl2N3O4. The van der Waals surface area contributed by atoms with Crippen molar-refractivity contribution in [2.45, 2.75) is 33.1 Å². The fraction of sp³-hybridized carbons (Fsp3) is 0.435. The van der Waals surface area contributed by atoms with Gasteiger partial charge in [0.15, 0.2) is 5.76 Å². The zero-order valence-electron chi connectivity index (χ0n) is 19.2. The van der Waals surface area contributed by atoms with E-state index in [9.17, 15) is 4.79 Å². The smallest absolute Gasteiger partial charge is 0.454 e. The number of aromatic nitrogens is 2. The number of aryl methyl sites for hydroxylation is 2. The first-order valence-corrected chi connectivity index (χ1v) is 11.0. The van der Waals surface area contributed by atoms with Crippen LogP contribution >= 0.6 is 23.2 Å². The monoisotopic (exact) mass is 481 g/mol. The summed E-state index contributed by atoms with van der Waals surface area (Å²) in [6.07, 6.45) is 0.795. The summed E-state index contributed by atoms with van der Waals surface area (Å²) in [5.74, 6) is 0.546. The van der Waals surface area contributed by atoms with Crippen LogP contribution < -0.4 is 0 Å². The van der Waals surface area contributed by atoms with Gasteiger partial charge < -0.3 is 14.2 Å². The number of aliphatic imine (C=N–C) groups is 1.